The van der Waals surface area contributed by atoms with Gasteiger partial charge in [-0.25, -0.2) is 8.78 Å². The fraction of sp³-hybridized carbons (Fsp3) is 0.750. The van der Waals surface area contributed by atoms with Gasteiger partial charge in [-0.3, -0.25) is 0 Å². The molecule has 1 rings (SSSR count). The first kappa shape index (κ1) is 4.97. The molecule has 1 fully saturated rings. The van der Waals surface area contributed by atoms with Crippen molar-refractivity contribution in [3.8, 4) is 0 Å². The van der Waals surface area contributed by atoms with Crippen LogP contribution in [-0.2, 0) is 4.74 Å². The summed E-state index contributed by atoms with van der Waals surface area (Å²) in [7, 11) is 0. The van der Waals surface area contributed by atoms with Gasteiger partial charge in [0.1, 0.15) is 6.61 Å². The average molecular weight is 107 g/mol. The van der Waals surface area contributed by atoms with E-state index in [9.17, 15) is 8.78 Å². The fourth-order valence-corrected chi connectivity index (χ4v) is 0.435. The normalized spacial score (nSPS) is 28.3. The van der Waals surface area contributed by atoms with E-state index in [4.69, 9.17) is 0 Å². The Labute approximate surface area is 40.3 Å². The zero-order valence-electron chi connectivity index (χ0n) is 3.66. The molecular weight excluding hydrogens is 102 g/mol. The van der Waals surface area contributed by atoms with Crippen molar-refractivity contribution in [1.29, 1.82) is 0 Å². The second kappa shape index (κ2) is 1.40. The second-order valence-corrected chi connectivity index (χ2v) is 1.48. The summed E-state index contributed by atoms with van der Waals surface area (Å²) < 4.78 is 27.9. The van der Waals surface area contributed by atoms with Crippen molar-refractivity contribution in [3.05, 3.63) is 6.42 Å². The van der Waals surface area contributed by atoms with E-state index in [0.717, 1.165) is 6.42 Å². The number of ether oxygens (including phenoxy) is 1. The molecular formula is C4H5F2O. The third-order valence-corrected chi connectivity index (χ3v) is 0.794. The predicted molar refractivity (Wildman–Crippen MR) is 20.1 cm³/mol. The molecule has 7 heavy (non-hydrogen) atoms. The number of hydrogen-bond donors (Lipinski definition) is 0. The summed E-state index contributed by atoms with van der Waals surface area (Å²) in [6.45, 7) is -0.347. The highest BCUT2D eigenvalue weighted by Crippen LogP contribution is 2.22. The molecule has 1 aliphatic heterocycles. The first-order chi connectivity index (χ1) is 3.21. The maximum absolute atomic E-state index is 11.8. The van der Waals surface area contributed by atoms with Crippen LogP contribution in [-0.4, -0.2) is 19.1 Å². The van der Waals surface area contributed by atoms with Gasteiger partial charge in [0.05, 0.1) is 13.0 Å². The van der Waals surface area contributed by atoms with Crippen molar-refractivity contribution in [2.75, 3.05) is 13.2 Å². The van der Waals surface area contributed by atoms with Crippen LogP contribution in [0.25, 0.3) is 0 Å². The molecule has 0 saturated carbocycles. The molecule has 0 bridgehead atoms. The van der Waals surface area contributed by atoms with Crippen LogP contribution in [0.2, 0.25) is 0 Å². The van der Waals surface area contributed by atoms with E-state index < -0.39 is 12.5 Å². The highest BCUT2D eigenvalue weighted by atomic mass is 19.3. The van der Waals surface area contributed by atoms with E-state index in [1.807, 2.05) is 0 Å². The van der Waals surface area contributed by atoms with Crippen LogP contribution >= 0.6 is 0 Å². The van der Waals surface area contributed by atoms with E-state index in [2.05, 4.69) is 4.74 Å². The first-order valence-corrected chi connectivity index (χ1v) is 2.01. The Morgan fingerprint density at radius 1 is 1.57 bits per heavy atom. The summed E-state index contributed by atoms with van der Waals surface area (Å²) in [5, 5.41) is 0. The molecule has 0 aliphatic carbocycles. The predicted octanol–water partition coefficient (Wildman–Crippen LogP) is 0.856. The van der Waals surface area contributed by atoms with Crippen molar-refractivity contribution in [2.45, 2.75) is 5.92 Å². The average Bonchev–Trinajstić information content (AvgIpc) is 1.84. The zero-order valence-corrected chi connectivity index (χ0v) is 3.66. The monoisotopic (exact) mass is 107 g/mol. The molecule has 41 valence electrons. The molecule has 0 spiro atoms. The van der Waals surface area contributed by atoms with Crippen molar-refractivity contribution >= 4 is 0 Å². The Hall–Kier alpha value is -0.180. The van der Waals surface area contributed by atoms with Crippen LogP contribution < -0.4 is 0 Å². The molecule has 0 aromatic rings. The van der Waals surface area contributed by atoms with Gasteiger partial charge in [0.25, 0.3) is 5.92 Å². The Kier molecular flexibility index (Phi) is 0.995. The molecule has 0 N–H and O–H groups in total. The van der Waals surface area contributed by atoms with Crippen LogP contribution in [0.5, 0.6) is 0 Å². The molecule has 1 heterocycles. The van der Waals surface area contributed by atoms with Crippen LogP contribution in [0.3, 0.4) is 0 Å². The van der Waals surface area contributed by atoms with E-state index in [0.29, 0.717) is 0 Å². The zero-order chi connectivity index (χ0) is 5.33. The summed E-state index contributed by atoms with van der Waals surface area (Å²) in [4.78, 5) is 0. The van der Waals surface area contributed by atoms with Gasteiger partial charge in [0.2, 0.25) is 0 Å². The maximum atomic E-state index is 11.8. The minimum Gasteiger partial charge on any atom is -0.375 e. The molecule has 0 aromatic heterocycles. The Bertz CT molecular complexity index is 64.1. The number of rotatable bonds is 0. The lowest BCUT2D eigenvalue weighted by Gasteiger charge is -2.00. The van der Waals surface area contributed by atoms with Crippen molar-refractivity contribution in [3.63, 3.8) is 0 Å². The highest BCUT2D eigenvalue weighted by molar-refractivity contribution is 4.88. The summed E-state index contributed by atoms with van der Waals surface area (Å²) in [6.07, 6.45) is 0.868. The molecule has 0 amide bonds. The molecule has 1 nitrogen and oxygen atoms in total. The molecule has 1 aliphatic rings. The van der Waals surface area contributed by atoms with Gasteiger partial charge in [0.15, 0.2) is 0 Å². The van der Waals surface area contributed by atoms with E-state index >= 15 is 0 Å². The molecule has 0 aromatic carbocycles. The van der Waals surface area contributed by atoms with E-state index in [1.165, 1.54) is 0 Å². The number of hydrogen-bond acceptors (Lipinski definition) is 1. The lowest BCUT2D eigenvalue weighted by molar-refractivity contribution is 0.0106. The van der Waals surface area contributed by atoms with Gasteiger partial charge in [-0.2, -0.15) is 0 Å². The molecule has 0 unspecified atom stereocenters. The smallest absolute Gasteiger partial charge is 0.276 e. The summed E-state index contributed by atoms with van der Waals surface area (Å²) in [5.41, 5.74) is 0. The summed E-state index contributed by atoms with van der Waals surface area (Å²) >= 11 is 0. The third kappa shape index (κ3) is 1.09. The van der Waals surface area contributed by atoms with Crippen molar-refractivity contribution in [2.24, 2.45) is 0 Å². The Morgan fingerprint density at radius 3 is 2.43 bits per heavy atom. The van der Waals surface area contributed by atoms with Gasteiger partial charge in [-0.1, -0.05) is 0 Å². The lowest BCUT2D eigenvalue weighted by atomic mass is 10.3. The Morgan fingerprint density at radius 2 is 2.29 bits per heavy atom. The second-order valence-electron chi connectivity index (χ2n) is 1.48. The van der Waals surface area contributed by atoms with Crippen LogP contribution in [0.4, 0.5) is 8.78 Å². The maximum Gasteiger partial charge on any atom is 0.276 e. The summed E-state index contributed by atoms with van der Waals surface area (Å²) in [6, 6.07) is 0. The fourth-order valence-electron chi connectivity index (χ4n) is 0.435. The SMILES string of the molecule is FC1(F)[CH]COC1. The lowest BCUT2D eigenvalue weighted by Crippen LogP contribution is -2.14. The number of alkyl halides is 2. The first-order valence-electron chi connectivity index (χ1n) is 2.01. The van der Waals surface area contributed by atoms with Crippen molar-refractivity contribution < 1.29 is 13.5 Å². The molecule has 1 saturated heterocycles. The number of halogens is 2. The van der Waals surface area contributed by atoms with Gasteiger partial charge in [0, 0.05) is 0 Å². The van der Waals surface area contributed by atoms with Gasteiger partial charge >= 0.3 is 0 Å². The standard InChI is InChI=1S/C4H5F2O/c5-4(6)1-2-7-3-4/h1H,2-3H2. The van der Waals surface area contributed by atoms with Crippen molar-refractivity contribution in [1.82, 2.24) is 0 Å². The van der Waals surface area contributed by atoms with Crippen LogP contribution in [0.1, 0.15) is 0 Å². The third-order valence-electron chi connectivity index (χ3n) is 0.794. The topological polar surface area (TPSA) is 9.23 Å². The minimum absolute atomic E-state index is 0.0903. The quantitative estimate of drug-likeness (QED) is 0.446. The molecule has 1 radical (unpaired) electrons. The van der Waals surface area contributed by atoms with Crippen LogP contribution in [0, 0.1) is 6.42 Å². The Balaban J connectivity index is 2.40. The van der Waals surface area contributed by atoms with Gasteiger partial charge in [-0.15, -0.1) is 0 Å². The van der Waals surface area contributed by atoms with E-state index in [-0.39, 0.29) is 6.61 Å². The van der Waals surface area contributed by atoms with Gasteiger partial charge in [-0.05, 0) is 0 Å². The largest absolute Gasteiger partial charge is 0.375 e. The van der Waals surface area contributed by atoms with E-state index in [1.54, 1.807) is 0 Å². The van der Waals surface area contributed by atoms with Crippen LogP contribution in [0.15, 0.2) is 0 Å². The summed E-state index contributed by atoms with van der Waals surface area (Å²) in [5.74, 6) is -2.65. The molecule has 0 atom stereocenters. The minimum atomic E-state index is -2.65. The highest BCUT2D eigenvalue weighted by Gasteiger charge is 2.34. The molecule has 3 heteroatoms. The van der Waals surface area contributed by atoms with Gasteiger partial charge < -0.3 is 4.74 Å².